The number of benzene rings is 1. The van der Waals surface area contributed by atoms with Gasteiger partial charge in [0.2, 0.25) is 10.0 Å². The van der Waals surface area contributed by atoms with E-state index in [-0.39, 0.29) is 16.3 Å². The number of H-pyrrole nitrogens is 1. The predicted octanol–water partition coefficient (Wildman–Crippen LogP) is 2.90. The van der Waals surface area contributed by atoms with Gasteiger partial charge in [-0.2, -0.15) is 0 Å². The average Bonchev–Trinajstić information content (AvgIpc) is 3.27. The largest absolute Gasteiger partial charge is 0.493 e. The minimum Gasteiger partial charge on any atom is -0.493 e. The molecule has 3 aromatic rings. The van der Waals surface area contributed by atoms with Gasteiger partial charge in [0, 0.05) is 25.0 Å². The molecule has 2 unspecified atom stereocenters. The Morgan fingerprint density at radius 3 is 2.59 bits per heavy atom. The van der Waals surface area contributed by atoms with Gasteiger partial charge >= 0.3 is 0 Å². The van der Waals surface area contributed by atoms with Crippen molar-refractivity contribution in [3.8, 4) is 17.1 Å². The van der Waals surface area contributed by atoms with Gasteiger partial charge < -0.3 is 14.6 Å². The second kappa shape index (κ2) is 10.2. The maximum atomic E-state index is 13.3. The predicted molar refractivity (Wildman–Crippen MR) is 141 cm³/mol. The first-order valence-corrected chi connectivity index (χ1v) is 14.7. The van der Waals surface area contributed by atoms with E-state index in [0.717, 1.165) is 19.3 Å². The molecule has 10 nitrogen and oxygen atoms in total. The lowest BCUT2D eigenvalue weighted by atomic mass is 9.91. The molecule has 2 N–H and O–H groups in total. The molecular weight excluding hydrogens is 492 g/mol. The number of sulfonamides is 1. The molecule has 4 heterocycles. The maximum Gasteiger partial charge on any atom is 0.277 e. The van der Waals surface area contributed by atoms with E-state index in [9.17, 15) is 13.2 Å². The number of nitrogens with one attached hydrogen (secondary N) is 2. The molecule has 2 saturated heterocycles. The molecule has 2 atom stereocenters. The van der Waals surface area contributed by atoms with Crippen molar-refractivity contribution in [1.29, 1.82) is 0 Å². The summed E-state index contributed by atoms with van der Waals surface area (Å²) in [6.45, 7) is 6.47. The van der Waals surface area contributed by atoms with Crippen LogP contribution in [0, 0.1) is 12.8 Å². The van der Waals surface area contributed by atoms with Crippen molar-refractivity contribution in [1.82, 2.24) is 29.2 Å². The summed E-state index contributed by atoms with van der Waals surface area (Å²) >= 11 is 0. The Labute approximate surface area is 217 Å². The van der Waals surface area contributed by atoms with Gasteiger partial charge in [-0.15, -0.1) is 5.10 Å². The number of hydrogen-bond acceptors (Lipinski definition) is 7. The van der Waals surface area contributed by atoms with Crippen molar-refractivity contribution in [2.45, 2.75) is 76.3 Å². The minimum absolute atomic E-state index is 0.111. The van der Waals surface area contributed by atoms with Gasteiger partial charge in [-0.05, 0) is 77.1 Å². The monoisotopic (exact) mass is 528 g/mol. The normalized spacial score (nSPS) is 22.1. The standard InChI is InChI=1S/C26H36N6O4S/c1-5-7-23-28-16(3)24-26(33)29-25(30-32(23)24)21-14-20(10-11-22(21)36-6-2)37(34,35)27-15-17-12-18-8-9-19(13-17)31(18)4/h10-11,14,17-19,27H,5-9,12-13,15H2,1-4H3,(H,29,30,33). The summed E-state index contributed by atoms with van der Waals surface area (Å²) in [7, 11) is -1.60. The number of hydrogen-bond donors (Lipinski definition) is 2. The van der Waals surface area contributed by atoms with E-state index in [2.05, 4.69) is 31.7 Å². The molecule has 2 aliphatic heterocycles. The summed E-state index contributed by atoms with van der Waals surface area (Å²) in [5.74, 6) is 1.70. The van der Waals surface area contributed by atoms with Crippen molar-refractivity contribution < 1.29 is 13.2 Å². The van der Waals surface area contributed by atoms with Gasteiger partial charge in [-0.3, -0.25) is 4.79 Å². The van der Waals surface area contributed by atoms with E-state index in [0.29, 0.717) is 65.9 Å². The second-order valence-electron chi connectivity index (χ2n) is 10.3. The number of piperidine rings is 1. The number of nitrogens with zero attached hydrogens (tertiary/aromatic N) is 4. The molecule has 0 radical (unpaired) electrons. The molecule has 11 heteroatoms. The Kier molecular flexibility index (Phi) is 7.12. The second-order valence-corrected chi connectivity index (χ2v) is 12.0. The van der Waals surface area contributed by atoms with Gasteiger partial charge in [0.1, 0.15) is 11.6 Å². The molecule has 2 aliphatic rings. The number of aromatic amines is 1. The summed E-state index contributed by atoms with van der Waals surface area (Å²) in [4.78, 5) is 22.9. The molecule has 2 fully saturated rings. The third-order valence-corrected chi connectivity index (χ3v) is 9.21. The van der Waals surface area contributed by atoms with Gasteiger partial charge in [0.05, 0.1) is 22.8 Å². The molecule has 5 rings (SSSR count). The fourth-order valence-corrected chi connectivity index (χ4v) is 7.03. The average molecular weight is 529 g/mol. The van der Waals surface area contributed by atoms with Gasteiger partial charge in [-0.1, -0.05) is 6.92 Å². The van der Waals surface area contributed by atoms with E-state index in [4.69, 9.17) is 4.74 Å². The van der Waals surface area contributed by atoms with Crippen molar-refractivity contribution in [2.75, 3.05) is 20.2 Å². The van der Waals surface area contributed by atoms with Gasteiger partial charge in [-0.25, -0.2) is 22.6 Å². The summed E-state index contributed by atoms with van der Waals surface area (Å²) in [6, 6.07) is 5.79. The molecule has 0 amide bonds. The van der Waals surface area contributed by atoms with Crippen LogP contribution in [0.5, 0.6) is 5.75 Å². The third-order valence-electron chi connectivity index (χ3n) is 7.79. The molecule has 0 spiro atoms. The third kappa shape index (κ3) is 4.92. The van der Waals surface area contributed by atoms with Crippen LogP contribution < -0.4 is 15.0 Å². The van der Waals surface area contributed by atoms with Gasteiger partial charge in [0.15, 0.2) is 11.3 Å². The van der Waals surface area contributed by atoms with Crippen LogP contribution in [0.15, 0.2) is 27.9 Å². The van der Waals surface area contributed by atoms with Crippen LogP contribution in [0.3, 0.4) is 0 Å². The van der Waals surface area contributed by atoms with Crippen molar-refractivity contribution in [3.63, 3.8) is 0 Å². The molecule has 37 heavy (non-hydrogen) atoms. The smallest absolute Gasteiger partial charge is 0.277 e. The topological polar surface area (TPSA) is 122 Å². The zero-order chi connectivity index (χ0) is 26.3. The Morgan fingerprint density at radius 2 is 1.92 bits per heavy atom. The SMILES string of the molecule is CCCc1nc(C)c2c(=O)[nH]c(-c3cc(S(=O)(=O)NCC4CC5CCC(C4)N5C)ccc3OCC)nn12. The van der Waals surface area contributed by atoms with Crippen molar-refractivity contribution in [2.24, 2.45) is 5.92 Å². The summed E-state index contributed by atoms with van der Waals surface area (Å²) < 4.78 is 36.8. The fraction of sp³-hybridized carbons (Fsp3) is 0.577. The number of aromatic nitrogens is 4. The molecule has 0 aliphatic carbocycles. The lowest BCUT2D eigenvalue weighted by Gasteiger charge is -2.36. The Bertz CT molecular complexity index is 1450. The minimum atomic E-state index is -3.77. The number of fused-ring (bicyclic) bond motifs is 3. The highest BCUT2D eigenvalue weighted by atomic mass is 32.2. The van der Waals surface area contributed by atoms with Crippen LogP contribution in [-0.4, -0.2) is 65.2 Å². The Morgan fingerprint density at radius 1 is 1.19 bits per heavy atom. The van der Waals surface area contributed by atoms with Crippen LogP contribution >= 0.6 is 0 Å². The zero-order valence-corrected chi connectivity index (χ0v) is 22.8. The first-order chi connectivity index (χ1) is 17.7. The quantitative estimate of drug-likeness (QED) is 0.438. The fourth-order valence-electron chi connectivity index (χ4n) is 5.89. The molecule has 2 aromatic heterocycles. The highest BCUT2D eigenvalue weighted by Gasteiger charge is 2.38. The lowest BCUT2D eigenvalue weighted by Crippen LogP contribution is -2.43. The van der Waals surface area contributed by atoms with Crippen LogP contribution in [0.4, 0.5) is 0 Å². The maximum absolute atomic E-state index is 13.3. The van der Waals surface area contributed by atoms with E-state index in [1.165, 1.54) is 25.0 Å². The van der Waals surface area contributed by atoms with Crippen LogP contribution in [0.2, 0.25) is 0 Å². The number of ether oxygens (including phenoxy) is 1. The summed E-state index contributed by atoms with van der Waals surface area (Å²) in [6.07, 6.45) is 5.93. The van der Waals surface area contributed by atoms with Gasteiger partial charge in [0.25, 0.3) is 5.56 Å². The lowest BCUT2D eigenvalue weighted by molar-refractivity contribution is 0.135. The van der Waals surface area contributed by atoms with Crippen molar-refractivity contribution in [3.05, 3.63) is 40.1 Å². The van der Waals surface area contributed by atoms with E-state index >= 15 is 0 Å². The van der Waals surface area contributed by atoms with Crippen LogP contribution in [0.25, 0.3) is 16.9 Å². The summed E-state index contributed by atoms with van der Waals surface area (Å²) in [5, 5.41) is 4.66. The Balaban J connectivity index is 1.47. The van der Waals surface area contributed by atoms with E-state index in [1.54, 1.807) is 17.5 Å². The molecule has 2 bridgehead atoms. The number of rotatable bonds is 9. The molecule has 0 saturated carbocycles. The highest BCUT2D eigenvalue weighted by Crippen LogP contribution is 2.37. The van der Waals surface area contributed by atoms with Crippen LogP contribution in [0.1, 0.15) is 57.5 Å². The summed E-state index contributed by atoms with van der Waals surface area (Å²) in [5.41, 5.74) is 1.08. The zero-order valence-electron chi connectivity index (χ0n) is 22.0. The molecular formula is C26H36N6O4S. The first-order valence-electron chi connectivity index (χ1n) is 13.2. The van der Waals surface area contributed by atoms with Crippen molar-refractivity contribution >= 4 is 15.5 Å². The van der Waals surface area contributed by atoms with E-state index < -0.39 is 10.0 Å². The number of aryl methyl sites for hydroxylation is 2. The van der Waals surface area contributed by atoms with E-state index in [1.807, 2.05) is 13.8 Å². The Hall–Kier alpha value is -2.76. The first kappa shape index (κ1) is 25.9. The molecule has 200 valence electrons. The molecule has 1 aromatic carbocycles. The number of imidazole rings is 1. The van der Waals surface area contributed by atoms with Crippen LogP contribution in [-0.2, 0) is 16.4 Å². The highest BCUT2D eigenvalue weighted by molar-refractivity contribution is 7.89.